The lowest BCUT2D eigenvalue weighted by Gasteiger charge is -2.34. The summed E-state index contributed by atoms with van der Waals surface area (Å²) >= 11 is 0. The van der Waals surface area contributed by atoms with E-state index in [0.29, 0.717) is 29.2 Å². The molecule has 1 amide bonds. The van der Waals surface area contributed by atoms with Crippen molar-refractivity contribution in [1.82, 2.24) is 9.21 Å². The molecule has 1 saturated heterocycles. The minimum absolute atomic E-state index is 0.00664. The lowest BCUT2D eigenvalue weighted by molar-refractivity contribution is -0.385. The van der Waals surface area contributed by atoms with E-state index in [1.165, 1.54) is 15.9 Å². The van der Waals surface area contributed by atoms with E-state index in [2.05, 4.69) is 5.32 Å². The lowest BCUT2D eigenvalue weighted by atomic mass is 10.1. The number of nitro benzene ring substituents is 1. The maximum atomic E-state index is 13.1. The highest BCUT2D eigenvalue weighted by atomic mass is 32.2. The molecular weight excluding hydrogens is 432 g/mol. The van der Waals surface area contributed by atoms with Gasteiger partial charge in [0.25, 0.3) is 5.69 Å². The summed E-state index contributed by atoms with van der Waals surface area (Å²) in [6, 6.07) is 10.1. The molecule has 1 aliphatic heterocycles. The number of nitro groups is 1. The standard InChI is InChI=1S/C22H26N4O5S/c1-16-20(6-3-7-21(16)26(28)29)23-15-22(27)24-10-12-25(13-11-24)32(30,31)19-9-8-17-4-2-5-18(17)14-19/h3,6-9,14,23H,2,4-5,10-13,15H2,1H3. The molecule has 1 heterocycles. The van der Waals surface area contributed by atoms with Gasteiger partial charge in [0.05, 0.1) is 16.4 Å². The molecule has 2 aromatic rings. The molecule has 0 aromatic heterocycles. The Morgan fingerprint density at radius 3 is 2.53 bits per heavy atom. The van der Waals surface area contributed by atoms with Gasteiger partial charge in [0.2, 0.25) is 15.9 Å². The van der Waals surface area contributed by atoms with Gasteiger partial charge in [0.1, 0.15) is 0 Å². The van der Waals surface area contributed by atoms with Gasteiger partial charge in [-0.15, -0.1) is 0 Å². The van der Waals surface area contributed by atoms with Crippen LogP contribution in [0.5, 0.6) is 0 Å². The predicted octanol–water partition coefficient (Wildman–Crippen LogP) is 2.34. The number of hydrogen-bond donors (Lipinski definition) is 1. The van der Waals surface area contributed by atoms with Gasteiger partial charge in [0.15, 0.2) is 0 Å². The fourth-order valence-corrected chi connectivity index (χ4v) is 5.80. The van der Waals surface area contributed by atoms with Crippen molar-refractivity contribution < 1.29 is 18.1 Å². The Morgan fingerprint density at radius 2 is 1.81 bits per heavy atom. The molecule has 10 heteroatoms. The van der Waals surface area contributed by atoms with Crippen molar-refractivity contribution in [2.75, 3.05) is 38.0 Å². The minimum atomic E-state index is -3.59. The van der Waals surface area contributed by atoms with Gasteiger partial charge in [0, 0.05) is 43.5 Å². The Labute approximate surface area is 187 Å². The predicted molar refractivity (Wildman–Crippen MR) is 120 cm³/mol. The molecule has 2 aliphatic rings. The van der Waals surface area contributed by atoms with Crippen molar-refractivity contribution in [3.8, 4) is 0 Å². The highest BCUT2D eigenvalue weighted by Gasteiger charge is 2.30. The van der Waals surface area contributed by atoms with Gasteiger partial charge in [-0.1, -0.05) is 12.1 Å². The molecule has 2 aromatic carbocycles. The molecular formula is C22H26N4O5S. The Morgan fingerprint density at radius 1 is 1.09 bits per heavy atom. The highest BCUT2D eigenvalue weighted by Crippen LogP contribution is 2.27. The normalized spacial score (nSPS) is 16.6. The molecule has 1 fully saturated rings. The molecule has 1 N–H and O–H groups in total. The summed E-state index contributed by atoms with van der Waals surface area (Å²) < 4.78 is 27.5. The molecule has 32 heavy (non-hydrogen) atoms. The number of rotatable bonds is 6. The molecule has 0 unspecified atom stereocenters. The van der Waals surface area contributed by atoms with E-state index in [1.807, 2.05) is 6.07 Å². The largest absolute Gasteiger partial charge is 0.376 e. The molecule has 0 spiro atoms. The second-order valence-corrected chi connectivity index (χ2v) is 10.1. The van der Waals surface area contributed by atoms with Gasteiger partial charge in [-0.05, 0) is 55.5 Å². The number of piperazine rings is 1. The van der Waals surface area contributed by atoms with Crippen molar-refractivity contribution in [3.63, 3.8) is 0 Å². The molecule has 0 radical (unpaired) electrons. The van der Waals surface area contributed by atoms with Crippen LogP contribution in [0.25, 0.3) is 0 Å². The summed E-state index contributed by atoms with van der Waals surface area (Å²) in [5, 5.41) is 14.0. The van der Waals surface area contributed by atoms with Crippen LogP contribution in [0.4, 0.5) is 11.4 Å². The number of nitrogens with one attached hydrogen (secondary N) is 1. The van der Waals surface area contributed by atoms with Gasteiger partial charge in [-0.2, -0.15) is 4.31 Å². The number of carbonyl (C=O) groups is 1. The third-order valence-corrected chi connectivity index (χ3v) is 8.13. The summed E-state index contributed by atoms with van der Waals surface area (Å²) in [5.41, 5.74) is 3.34. The Kier molecular flexibility index (Phi) is 6.16. The number of benzene rings is 2. The van der Waals surface area contributed by atoms with Crippen molar-refractivity contribution >= 4 is 27.3 Å². The summed E-state index contributed by atoms with van der Waals surface area (Å²) in [6.07, 6.45) is 2.97. The Hall–Kier alpha value is -2.98. The minimum Gasteiger partial charge on any atom is -0.376 e. The van der Waals surface area contributed by atoms with E-state index >= 15 is 0 Å². The number of sulfonamides is 1. The first-order valence-corrected chi connectivity index (χ1v) is 12.1. The summed E-state index contributed by atoms with van der Waals surface area (Å²) in [6.45, 7) is 2.70. The average Bonchev–Trinajstić information content (AvgIpc) is 3.26. The second-order valence-electron chi connectivity index (χ2n) is 8.13. The average molecular weight is 459 g/mol. The topological polar surface area (TPSA) is 113 Å². The van der Waals surface area contributed by atoms with Crippen molar-refractivity contribution in [2.24, 2.45) is 0 Å². The zero-order valence-electron chi connectivity index (χ0n) is 17.9. The van der Waals surface area contributed by atoms with Gasteiger partial charge in [-0.25, -0.2) is 8.42 Å². The van der Waals surface area contributed by atoms with Crippen LogP contribution in [0.1, 0.15) is 23.1 Å². The number of anilines is 1. The fraction of sp³-hybridized carbons (Fsp3) is 0.409. The second kappa shape index (κ2) is 8.87. The molecule has 170 valence electrons. The number of hydrogen-bond acceptors (Lipinski definition) is 6. The number of fused-ring (bicyclic) bond motifs is 1. The first-order valence-electron chi connectivity index (χ1n) is 10.6. The van der Waals surface area contributed by atoms with Crippen molar-refractivity contribution in [3.05, 3.63) is 63.2 Å². The molecule has 0 atom stereocenters. The fourth-order valence-electron chi connectivity index (χ4n) is 4.33. The zero-order chi connectivity index (χ0) is 22.9. The first kappa shape index (κ1) is 22.2. The smallest absolute Gasteiger partial charge is 0.274 e. The van der Waals surface area contributed by atoms with Crippen molar-refractivity contribution in [1.29, 1.82) is 0 Å². The number of aryl methyl sites for hydroxylation is 2. The molecule has 1 aliphatic carbocycles. The van der Waals surface area contributed by atoms with Crippen molar-refractivity contribution in [2.45, 2.75) is 31.1 Å². The Bertz CT molecular complexity index is 1160. The molecule has 9 nitrogen and oxygen atoms in total. The van der Waals surface area contributed by atoms with E-state index in [9.17, 15) is 23.3 Å². The van der Waals surface area contributed by atoms with E-state index < -0.39 is 14.9 Å². The molecule has 0 saturated carbocycles. The highest BCUT2D eigenvalue weighted by molar-refractivity contribution is 7.89. The van der Waals surface area contributed by atoms with Crippen LogP contribution in [0, 0.1) is 17.0 Å². The van der Waals surface area contributed by atoms with E-state index in [4.69, 9.17) is 0 Å². The first-order chi connectivity index (χ1) is 15.3. The summed E-state index contributed by atoms with van der Waals surface area (Å²) in [4.78, 5) is 25.2. The van der Waals surface area contributed by atoms with Crippen LogP contribution in [-0.2, 0) is 27.7 Å². The van der Waals surface area contributed by atoms with Gasteiger partial charge in [-0.3, -0.25) is 14.9 Å². The SMILES string of the molecule is Cc1c(NCC(=O)N2CCN(S(=O)(=O)c3ccc4c(c3)CCC4)CC2)cccc1[N+](=O)[O-]. The van der Waals surface area contributed by atoms with Crippen LogP contribution in [0.2, 0.25) is 0 Å². The number of nitrogens with zero attached hydrogens (tertiary/aromatic N) is 3. The van der Waals surface area contributed by atoms with E-state index in [0.717, 1.165) is 24.8 Å². The van der Waals surface area contributed by atoms with Crippen LogP contribution in [-0.4, -0.2) is 61.2 Å². The number of carbonyl (C=O) groups excluding carboxylic acids is 1. The third-order valence-electron chi connectivity index (χ3n) is 6.23. The number of amides is 1. The van der Waals surface area contributed by atoms with Gasteiger partial charge < -0.3 is 10.2 Å². The lowest BCUT2D eigenvalue weighted by Crippen LogP contribution is -2.51. The van der Waals surface area contributed by atoms with Crippen LogP contribution < -0.4 is 5.32 Å². The van der Waals surface area contributed by atoms with E-state index in [-0.39, 0.29) is 31.2 Å². The monoisotopic (exact) mass is 458 g/mol. The van der Waals surface area contributed by atoms with Gasteiger partial charge >= 0.3 is 0 Å². The zero-order valence-corrected chi connectivity index (χ0v) is 18.7. The maximum absolute atomic E-state index is 13.1. The summed E-state index contributed by atoms with van der Waals surface area (Å²) in [5.74, 6) is -0.175. The third kappa shape index (κ3) is 4.33. The maximum Gasteiger partial charge on any atom is 0.274 e. The molecule has 0 bridgehead atoms. The van der Waals surface area contributed by atoms with Crippen LogP contribution in [0.3, 0.4) is 0 Å². The quantitative estimate of drug-likeness (QED) is 0.525. The molecule has 4 rings (SSSR count). The summed E-state index contributed by atoms with van der Waals surface area (Å²) in [7, 11) is -3.59. The van der Waals surface area contributed by atoms with Crippen LogP contribution in [0.15, 0.2) is 41.3 Å². The van der Waals surface area contributed by atoms with E-state index in [1.54, 1.807) is 36.1 Å². The van der Waals surface area contributed by atoms with Crippen LogP contribution >= 0.6 is 0 Å². The Balaban J connectivity index is 1.35.